The highest BCUT2D eigenvalue weighted by molar-refractivity contribution is 7.90. The summed E-state index contributed by atoms with van der Waals surface area (Å²) in [5, 5.41) is 9.38. The molecular formula is C23H32N4O3S. The first-order valence-electron chi connectivity index (χ1n) is 10.4. The second-order valence-corrected chi connectivity index (χ2v) is 9.40. The van der Waals surface area contributed by atoms with E-state index in [1.165, 1.54) is 6.26 Å². The average Bonchev–Trinajstić information content (AvgIpc) is 2.70. The van der Waals surface area contributed by atoms with Gasteiger partial charge in [-0.2, -0.15) is 0 Å². The molecule has 0 aromatic heterocycles. The molecule has 0 fully saturated rings. The van der Waals surface area contributed by atoms with Gasteiger partial charge in [0.05, 0.1) is 11.4 Å². The number of hydrogen-bond acceptors (Lipinski definition) is 4. The van der Waals surface area contributed by atoms with Crippen LogP contribution in [0.5, 0.6) is 0 Å². The zero-order valence-electron chi connectivity index (χ0n) is 18.7. The summed E-state index contributed by atoms with van der Waals surface area (Å²) in [7, 11) is -3.23. The van der Waals surface area contributed by atoms with Crippen molar-refractivity contribution in [2.24, 2.45) is 4.99 Å². The fourth-order valence-electron chi connectivity index (χ4n) is 3.08. The summed E-state index contributed by atoms with van der Waals surface area (Å²) < 4.78 is 23.5. The fourth-order valence-corrected chi connectivity index (χ4v) is 4.04. The molecule has 31 heavy (non-hydrogen) atoms. The predicted octanol–water partition coefficient (Wildman–Crippen LogP) is 3.39. The molecule has 0 saturated heterocycles. The maximum atomic E-state index is 11.8. The lowest BCUT2D eigenvalue weighted by Crippen LogP contribution is -2.36. The Labute approximate surface area is 185 Å². The Morgan fingerprint density at radius 3 is 2.26 bits per heavy atom. The summed E-state index contributed by atoms with van der Waals surface area (Å²) in [4.78, 5) is 16.6. The molecular weight excluding hydrogens is 412 g/mol. The number of nitrogens with one attached hydrogen (secondary N) is 3. The van der Waals surface area contributed by atoms with E-state index in [0.29, 0.717) is 30.4 Å². The molecule has 0 unspecified atom stereocenters. The number of hydrogen-bond donors (Lipinski definition) is 3. The number of aliphatic imine (C=N–C) groups is 1. The Bertz CT molecular complexity index is 1020. The van der Waals surface area contributed by atoms with Crippen LogP contribution in [0, 0.1) is 6.92 Å². The van der Waals surface area contributed by atoms with Gasteiger partial charge in [-0.05, 0) is 55.2 Å². The molecule has 3 N–H and O–H groups in total. The number of carbonyl (C=O) groups is 1. The van der Waals surface area contributed by atoms with Gasteiger partial charge in [0.1, 0.15) is 0 Å². The number of sulfone groups is 1. The second-order valence-electron chi connectivity index (χ2n) is 7.42. The summed E-state index contributed by atoms with van der Waals surface area (Å²) in [6, 6.07) is 13.0. The smallest absolute Gasteiger partial charge is 0.224 e. The summed E-state index contributed by atoms with van der Waals surface area (Å²) in [5.41, 5.74) is 3.51. The zero-order valence-corrected chi connectivity index (χ0v) is 19.5. The molecule has 0 bridgehead atoms. The summed E-state index contributed by atoms with van der Waals surface area (Å²) >= 11 is 0. The van der Waals surface area contributed by atoms with Crippen molar-refractivity contribution in [3.05, 3.63) is 59.2 Å². The molecule has 0 heterocycles. The minimum Gasteiger partial charge on any atom is -0.357 e. The lowest BCUT2D eigenvalue weighted by atomic mass is 10.1. The molecule has 168 valence electrons. The monoisotopic (exact) mass is 444 g/mol. The van der Waals surface area contributed by atoms with Crippen LogP contribution < -0.4 is 16.0 Å². The first-order valence-corrected chi connectivity index (χ1v) is 12.3. The van der Waals surface area contributed by atoms with Crippen LogP contribution in [-0.4, -0.2) is 33.1 Å². The standard InChI is InChI=1S/C23H32N4O3S/c1-5-7-22(28)27-20-11-8-18(9-12-20)15-25-23(24-6-2)26-16-19-10-13-21(17(3)14-19)31(4,29)30/h8-14H,5-7,15-16H2,1-4H3,(H,27,28)(H2,24,25,26). The number of anilines is 1. The van der Waals surface area contributed by atoms with Crippen LogP contribution in [0.2, 0.25) is 0 Å². The van der Waals surface area contributed by atoms with Gasteiger partial charge >= 0.3 is 0 Å². The Hall–Kier alpha value is -2.87. The molecule has 0 aliphatic heterocycles. The van der Waals surface area contributed by atoms with Crippen molar-refractivity contribution in [1.29, 1.82) is 0 Å². The van der Waals surface area contributed by atoms with Crippen molar-refractivity contribution in [1.82, 2.24) is 10.6 Å². The molecule has 0 aliphatic carbocycles. The van der Waals surface area contributed by atoms with Crippen molar-refractivity contribution in [3.8, 4) is 0 Å². The van der Waals surface area contributed by atoms with Gasteiger partial charge in [-0.3, -0.25) is 4.79 Å². The average molecular weight is 445 g/mol. The quantitative estimate of drug-likeness (QED) is 0.407. The Balaban J connectivity index is 1.99. The third-order valence-electron chi connectivity index (χ3n) is 4.58. The third-order valence-corrected chi connectivity index (χ3v) is 5.83. The fraction of sp³-hybridized carbons (Fsp3) is 0.391. The van der Waals surface area contributed by atoms with Crippen LogP contribution in [0.4, 0.5) is 5.69 Å². The van der Waals surface area contributed by atoms with Crippen LogP contribution >= 0.6 is 0 Å². The molecule has 7 nitrogen and oxygen atoms in total. The molecule has 0 atom stereocenters. The summed E-state index contributed by atoms with van der Waals surface area (Å²) in [5.74, 6) is 0.697. The number of guanidine groups is 1. The van der Waals surface area contributed by atoms with Gasteiger partial charge in [-0.1, -0.05) is 31.2 Å². The van der Waals surface area contributed by atoms with Gasteiger partial charge in [-0.15, -0.1) is 0 Å². The van der Waals surface area contributed by atoms with E-state index in [0.717, 1.165) is 35.3 Å². The first kappa shape index (κ1) is 24.4. The van der Waals surface area contributed by atoms with Gasteiger partial charge in [-0.25, -0.2) is 13.4 Å². The van der Waals surface area contributed by atoms with Crippen molar-refractivity contribution >= 4 is 27.4 Å². The number of benzene rings is 2. The van der Waals surface area contributed by atoms with Gasteiger partial charge in [0, 0.05) is 31.5 Å². The summed E-state index contributed by atoms with van der Waals surface area (Å²) in [6.45, 7) is 7.50. The lowest BCUT2D eigenvalue weighted by molar-refractivity contribution is -0.116. The molecule has 8 heteroatoms. The molecule has 0 aliphatic rings. The minimum absolute atomic E-state index is 0.0229. The molecule has 0 radical (unpaired) electrons. The van der Waals surface area contributed by atoms with Crippen molar-refractivity contribution < 1.29 is 13.2 Å². The van der Waals surface area contributed by atoms with Crippen LogP contribution in [-0.2, 0) is 27.7 Å². The van der Waals surface area contributed by atoms with Crippen LogP contribution in [0.1, 0.15) is 43.4 Å². The number of nitrogens with zero attached hydrogens (tertiary/aromatic N) is 1. The van der Waals surface area contributed by atoms with Crippen molar-refractivity contribution in [3.63, 3.8) is 0 Å². The topological polar surface area (TPSA) is 99.7 Å². The van der Waals surface area contributed by atoms with E-state index in [9.17, 15) is 13.2 Å². The Morgan fingerprint density at radius 2 is 1.68 bits per heavy atom. The molecule has 2 rings (SSSR count). The predicted molar refractivity (Wildman–Crippen MR) is 126 cm³/mol. The van der Waals surface area contributed by atoms with E-state index in [1.807, 2.05) is 44.2 Å². The number of aryl methyl sites for hydroxylation is 1. The van der Waals surface area contributed by atoms with Gasteiger partial charge < -0.3 is 16.0 Å². The van der Waals surface area contributed by atoms with E-state index in [1.54, 1.807) is 19.1 Å². The van der Waals surface area contributed by atoms with Crippen LogP contribution in [0.25, 0.3) is 0 Å². The van der Waals surface area contributed by atoms with E-state index in [4.69, 9.17) is 0 Å². The minimum atomic E-state index is -3.23. The molecule has 2 aromatic rings. The molecule has 1 amide bonds. The Morgan fingerprint density at radius 1 is 1.00 bits per heavy atom. The first-order chi connectivity index (χ1) is 14.7. The largest absolute Gasteiger partial charge is 0.357 e. The highest BCUT2D eigenvalue weighted by Crippen LogP contribution is 2.17. The maximum Gasteiger partial charge on any atom is 0.224 e. The maximum absolute atomic E-state index is 11.8. The highest BCUT2D eigenvalue weighted by atomic mass is 32.2. The molecule has 2 aromatic carbocycles. The zero-order chi connectivity index (χ0) is 22.9. The van der Waals surface area contributed by atoms with Gasteiger partial charge in [0.25, 0.3) is 0 Å². The van der Waals surface area contributed by atoms with Crippen molar-refractivity contribution in [2.45, 2.75) is 51.6 Å². The molecule has 0 spiro atoms. The number of carbonyl (C=O) groups excluding carboxylic acids is 1. The second kappa shape index (κ2) is 11.5. The Kier molecular flexibility index (Phi) is 9.05. The summed E-state index contributed by atoms with van der Waals surface area (Å²) in [6.07, 6.45) is 2.55. The van der Waals surface area contributed by atoms with E-state index in [-0.39, 0.29) is 5.91 Å². The lowest BCUT2D eigenvalue weighted by Gasteiger charge is -2.12. The number of amides is 1. The van der Waals surface area contributed by atoms with E-state index in [2.05, 4.69) is 20.9 Å². The van der Waals surface area contributed by atoms with Gasteiger partial charge in [0.15, 0.2) is 15.8 Å². The van der Waals surface area contributed by atoms with Crippen molar-refractivity contribution in [2.75, 3.05) is 18.1 Å². The van der Waals surface area contributed by atoms with Crippen LogP contribution in [0.3, 0.4) is 0 Å². The highest BCUT2D eigenvalue weighted by Gasteiger charge is 2.10. The van der Waals surface area contributed by atoms with E-state index < -0.39 is 9.84 Å². The SMILES string of the molecule is CCCC(=O)Nc1ccc(CNC(=NCc2ccc(S(C)(=O)=O)c(C)c2)NCC)cc1. The molecule has 0 saturated carbocycles. The third kappa shape index (κ3) is 8.05. The van der Waals surface area contributed by atoms with Crippen LogP contribution in [0.15, 0.2) is 52.4 Å². The normalized spacial score (nSPS) is 11.8. The number of rotatable bonds is 9. The van der Waals surface area contributed by atoms with E-state index >= 15 is 0 Å². The van der Waals surface area contributed by atoms with Gasteiger partial charge in [0.2, 0.25) is 5.91 Å².